The maximum absolute atomic E-state index is 13.3. The highest BCUT2D eigenvalue weighted by Gasteiger charge is 2.36. The van der Waals surface area contributed by atoms with E-state index in [0.717, 1.165) is 10.9 Å². The summed E-state index contributed by atoms with van der Waals surface area (Å²) in [6.45, 7) is 5.41. The number of benzene rings is 2. The molecule has 3 aromatic rings. The molecule has 2 N–H and O–H groups in total. The number of amides is 1. The number of hydrogen-bond donors (Lipinski definition) is 1. The Bertz CT molecular complexity index is 964. The number of rotatable bonds is 5. The summed E-state index contributed by atoms with van der Waals surface area (Å²) in [5.41, 5.74) is 9.06. The van der Waals surface area contributed by atoms with Gasteiger partial charge in [-0.15, -0.1) is 0 Å². The Labute approximate surface area is 165 Å². The standard InChI is InChI=1S/C23H26N2O3/c1-15(2)27-14-19-17-10-6-7-11-21(17)28-22(19)23(26)25-12-18(20(24)13-25)16-8-4-3-5-9-16/h3-11,15,18,20H,12-14,24H2,1-2H3/t18-,20+/m0/s1. The SMILES string of the molecule is CC(C)OCc1c(C(=O)N2C[C@@H](N)[C@H](c3ccccc3)C2)oc2ccccc12. The van der Waals surface area contributed by atoms with E-state index in [1.165, 1.54) is 5.56 Å². The minimum Gasteiger partial charge on any atom is -0.451 e. The number of nitrogens with zero attached hydrogens (tertiary/aromatic N) is 1. The quantitative estimate of drug-likeness (QED) is 0.730. The summed E-state index contributed by atoms with van der Waals surface area (Å²) in [5.74, 6) is 0.375. The Hall–Kier alpha value is -2.63. The Morgan fingerprint density at radius 2 is 1.86 bits per heavy atom. The van der Waals surface area contributed by atoms with Gasteiger partial charge in [0.25, 0.3) is 5.91 Å². The number of hydrogen-bond acceptors (Lipinski definition) is 4. The van der Waals surface area contributed by atoms with Crippen LogP contribution in [0.25, 0.3) is 11.0 Å². The zero-order valence-corrected chi connectivity index (χ0v) is 16.3. The Kier molecular flexibility index (Phi) is 5.20. The number of carbonyl (C=O) groups excluding carboxylic acids is 1. The van der Waals surface area contributed by atoms with Gasteiger partial charge in [0.2, 0.25) is 0 Å². The first-order valence-electron chi connectivity index (χ1n) is 9.76. The van der Waals surface area contributed by atoms with Gasteiger partial charge in [0, 0.05) is 36.0 Å². The van der Waals surface area contributed by atoms with E-state index in [1.807, 2.05) is 56.3 Å². The Balaban J connectivity index is 1.63. The van der Waals surface area contributed by atoms with Crippen molar-refractivity contribution in [2.75, 3.05) is 13.1 Å². The second kappa shape index (κ2) is 7.78. The number of nitrogens with two attached hydrogens (primary N) is 1. The molecular weight excluding hydrogens is 352 g/mol. The van der Waals surface area contributed by atoms with Gasteiger partial charge in [0.05, 0.1) is 12.7 Å². The van der Waals surface area contributed by atoms with E-state index in [0.29, 0.717) is 31.0 Å². The molecule has 1 aliphatic heterocycles. The monoisotopic (exact) mass is 378 g/mol. The lowest BCUT2D eigenvalue weighted by atomic mass is 9.95. The van der Waals surface area contributed by atoms with E-state index < -0.39 is 0 Å². The number of carbonyl (C=O) groups is 1. The van der Waals surface area contributed by atoms with E-state index >= 15 is 0 Å². The van der Waals surface area contributed by atoms with Crippen LogP contribution in [0.4, 0.5) is 0 Å². The molecule has 0 saturated carbocycles. The average Bonchev–Trinajstić information content (AvgIpc) is 3.27. The molecule has 5 nitrogen and oxygen atoms in total. The number of furan rings is 1. The van der Waals surface area contributed by atoms with Crippen LogP contribution in [0.3, 0.4) is 0 Å². The molecule has 0 aliphatic carbocycles. The molecule has 0 unspecified atom stereocenters. The zero-order chi connectivity index (χ0) is 19.7. The highest BCUT2D eigenvalue weighted by Crippen LogP contribution is 2.31. The molecule has 1 aromatic heterocycles. The lowest BCUT2D eigenvalue weighted by Gasteiger charge is -2.16. The van der Waals surface area contributed by atoms with Crippen molar-refractivity contribution in [3.8, 4) is 0 Å². The topological polar surface area (TPSA) is 68.7 Å². The molecule has 1 amide bonds. The van der Waals surface area contributed by atoms with Crippen LogP contribution in [0.5, 0.6) is 0 Å². The molecule has 1 saturated heterocycles. The highest BCUT2D eigenvalue weighted by atomic mass is 16.5. The first-order valence-corrected chi connectivity index (χ1v) is 9.76. The first kappa shape index (κ1) is 18.7. The fourth-order valence-electron chi connectivity index (χ4n) is 3.86. The van der Waals surface area contributed by atoms with Gasteiger partial charge in [-0.25, -0.2) is 0 Å². The maximum Gasteiger partial charge on any atom is 0.290 e. The highest BCUT2D eigenvalue weighted by molar-refractivity contribution is 5.99. The van der Waals surface area contributed by atoms with Crippen LogP contribution in [-0.4, -0.2) is 36.0 Å². The van der Waals surface area contributed by atoms with Crippen molar-refractivity contribution in [1.29, 1.82) is 0 Å². The second-order valence-corrected chi connectivity index (χ2v) is 7.66. The summed E-state index contributed by atoms with van der Waals surface area (Å²) in [6.07, 6.45) is 0.0688. The van der Waals surface area contributed by atoms with Crippen molar-refractivity contribution in [3.05, 3.63) is 71.5 Å². The molecule has 4 rings (SSSR count). The van der Waals surface area contributed by atoms with Gasteiger partial charge < -0.3 is 19.8 Å². The van der Waals surface area contributed by atoms with Gasteiger partial charge in [-0.3, -0.25) is 4.79 Å². The summed E-state index contributed by atoms with van der Waals surface area (Å²) in [6, 6.07) is 17.8. The zero-order valence-electron chi connectivity index (χ0n) is 16.3. The van der Waals surface area contributed by atoms with E-state index in [4.69, 9.17) is 14.9 Å². The van der Waals surface area contributed by atoms with Crippen LogP contribution in [0, 0.1) is 0 Å². The Morgan fingerprint density at radius 3 is 2.61 bits per heavy atom. The third-order valence-corrected chi connectivity index (χ3v) is 5.33. The largest absolute Gasteiger partial charge is 0.451 e. The lowest BCUT2D eigenvalue weighted by Crippen LogP contribution is -2.32. The fourth-order valence-corrected chi connectivity index (χ4v) is 3.86. The second-order valence-electron chi connectivity index (χ2n) is 7.66. The molecule has 2 heterocycles. The van der Waals surface area contributed by atoms with Gasteiger partial charge in [-0.05, 0) is 25.5 Å². The molecule has 0 spiro atoms. The third kappa shape index (κ3) is 3.55. The smallest absolute Gasteiger partial charge is 0.290 e. The molecule has 2 atom stereocenters. The molecule has 146 valence electrons. The summed E-state index contributed by atoms with van der Waals surface area (Å²) in [4.78, 5) is 15.1. The minimum atomic E-state index is -0.118. The van der Waals surface area contributed by atoms with Crippen molar-refractivity contribution in [3.63, 3.8) is 0 Å². The van der Waals surface area contributed by atoms with Gasteiger partial charge >= 0.3 is 0 Å². The van der Waals surface area contributed by atoms with Crippen molar-refractivity contribution >= 4 is 16.9 Å². The van der Waals surface area contributed by atoms with Crippen LogP contribution in [0.15, 0.2) is 59.0 Å². The predicted molar refractivity (Wildman–Crippen MR) is 109 cm³/mol. The van der Waals surface area contributed by atoms with Gasteiger partial charge in [0.15, 0.2) is 5.76 Å². The van der Waals surface area contributed by atoms with Crippen LogP contribution in [0.1, 0.15) is 41.4 Å². The fraction of sp³-hybridized carbons (Fsp3) is 0.348. The van der Waals surface area contributed by atoms with Crippen molar-refractivity contribution in [2.45, 2.75) is 38.5 Å². The van der Waals surface area contributed by atoms with Crippen molar-refractivity contribution in [1.82, 2.24) is 4.90 Å². The summed E-state index contributed by atoms with van der Waals surface area (Å²) < 4.78 is 11.8. The first-order chi connectivity index (χ1) is 13.5. The van der Waals surface area contributed by atoms with E-state index in [2.05, 4.69) is 12.1 Å². The molecule has 0 bridgehead atoms. The molecule has 0 radical (unpaired) electrons. The van der Waals surface area contributed by atoms with E-state index in [-0.39, 0.29) is 24.0 Å². The van der Waals surface area contributed by atoms with Crippen molar-refractivity contribution in [2.24, 2.45) is 5.73 Å². The van der Waals surface area contributed by atoms with E-state index in [1.54, 1.807) is 4.90 Å². The van der Waals surface area contributed by atoms with Gasteiger partial charge in [-0.1, -0.05) is 48.5 Å². The van der Waals surface area contributed by atoms with Crippen LogP contribution in [-0.2, 0) is 11.3 Å². The average molecular weight is 378 g/mol. The predicted octanol–water partition coefficient (Wildman–Crippen LogP) is 3.92. The summed E-state index contributed by atoms with van der Waals surface area (Å²) in [7, 11) is 0. The van der Waals surface area contributed by atoms with E-state index in [9.17, 15) is 4.79 Å². The lowest BCUT2D eigenvalue weighted by molar-refractivity contribution is 0.0621. The number of ether oxygens (including phenoxy) is 1. The van der Waals surface area contributed by atoms with Crippen LogP contribution >= 0.6 is 0 Å². The van der Waals surface area contributed by atoms with Crippen LogP contribution < -0.4 is 5.73 Å². The molecule has 2 aromatic carbocycles. The molecular formula is C23H26N2O3. The van der Waals surface area contributed by atoms with Crippen molar-refractivity contribution < 1.29 is 13.9 Å². The van der Waals surface area contributed by atoms with Gasteiger partial charge in [-0.2, -0.15) is 0 Å². The number of para-hydroxylation sites is 1. The third-order valence-electron chi connectivity index (χ3n) is 5.33. The molecule has 5 heteroatoms. The molecule has 1 aliphatic rings. The molecule has 28 heavy (non-hydrogen) atoms. The normalized spacial score (nSPS) is 19.6. The number of likely N-dealkylation sites (tertiary alicyclic amines) is 1. The Morgan fingerprint density at radius 1 is 1.14 bits per heavy atom. The van der Waals surface area contributed by atoms with Crippen LogP contribution in [0.2, 0.25) is 0 Å². The number of fused-ring (bicyclic) bond motifs is 1. The summed E-state index contributed by atoms with van der Waals surface area (Å²) >= 11 is 0. The molecule has 1 fully saturated rings. The van der Waals surface area contributed by atoms with Gasteiger partial charge in [0.1, 0.15) is 5.58 Å². The minimum absolute atomic E-state index is 0.0688. The maximum atomic E-state index is 13.3. The summed E-state index contributed by atoms with van der Waals surface area (Å²) in [5, 5.41) is 0.926.